The van der Waals surface area contributed by atoms with Crippen molar-refractivity contribution in [1.29, 1.82) is 0 Å². The molecule has 0 spiro atoms. The second-order valence-electron chi connectivity index (χ2n) is 6.23. The third-order valence-electron chi connectivity index (χ3n) is 4.33. The van der Waals surface area contributed by atoms with Crippen LogP contribution in [0.5, 0.6) is 5.75 Å². The smallest absolute Gasteiger partial charge is 0.319 e. The van der Waals surface area contributed by atoms with Gasteiger partial charge in [0.05, 0.1) is 6.61 Å². The van der Waals surface area contributed by atoms with Gasteiger partial charge in [0.2, 0.25) is 0 Å². The number of carbonyl (C=O) groups is 1. The fourth-order valence-electron chi connectivity index (χ4n) is 3.03. The van der Waals surface area contributed by atoms with E-state index < -0.39 is 0 Å². The third kappa shape index (κ3) is 6.76. The van der Waals surface area contributed by atoms with Crippen molar-refractivity contribution >= 4 is 11.7 Å². The van der Waals surface area contributed by atoms with Crippen molar-refractivity contribution in [1.82, 2.24) is 10.2 Å². The minimum absolute atomic E-state index is 0.213. The van der Waals surface area contributed by atoms with E-state index in [4.69, 9.17) is 4.74 Å². The highest BCUT2D eigenvalue weighted by atomic mass is 16.5. The minimum atomic E-state index is -0.213. The van der Waals surface area contributed by atoms with Crippen LogP contribution in [0.3, 0.4) is 0 Å². The molecule has 1 aliphatic heterocycles. The Balaban J connectivity index is 1.61. The van der Waals surface area contributed by atoms with Crippen LogP contribution in [0.15, 0.2) is 36.9 Å². The van der Waals surface area contributed by atoms with Gasteiger partial charge in [-0.3, -0.25) is 4.90 Å². The molecule has 2 amide bonds. The van der Waals surface area contributed by atoms with Crippen molar-refractivity contribution in [3.05, 3.63) is 36.9 Å². The quantitative estimate of drug-likeness (QED) is 0.449. The number of nitrogens with zero attached hydrogens (tertiary/aromatic N) is 1. The van der Waals surface area contributed by atoms with Crippen molar-refractivity contribution in [2.45, 2.75) is 31.7 Å². The summed E-state index contributed by atoms with van der Waals surface area (Å²) in [6.45, 7) is 6.98. The molecule has 0 aromatic heterocycles. The van der Waals surface area contributed by atoms with Gasteiger partial charge >= 0.3 is 6.03 Å². The van der Waals surface area contributed by atoms with Crippen molar-refractivity contribution in [2.75, 3.05) is 38.2 Å². The van der Waals surface area contributed by atoms with Crippen LogP contribution in [0.25, 0.3) is 0 Å². The summed E-state index contributed by atoms with van der Waals surface area (Å²) < 4.78 is 5.44. The molecule has 0 radical (unpaired) electrons. The van der Waals surface area contributed by atoms with Gasteiger partial charge in [-0.05, 0) is 50.9 Å². The Kier molecular flexibility index (Phi) is 8.28. The third-order valence-corrected chi connectivity index (χ3v) is 4.33. The number of hydrogen-bond acceptors (Lipinski definition) is 4. The zero-order chi connectivity index (χ0) is 17.9. The molecule has 3 N–H and O–H groups in total. The molecule has 0 bridgehead atoms. The number of hydrogen-bond donors (Lipinski definition) is 3. The lowest BCUT2D eigenvalue weighted by Gasteiger charge is -2.22. The maximum Gasteiger partial charge on any atom is 0.319 e. The van der Waals surface area contributed by atoms with E-state index in [9.17, 15) is 9.90 Å². The van der Waals surface area contributed by atoms with Crippen LogP contribution in [0.4, 0.5) is 10.5 Å². The Morgan fingerprint density at radius 3 is 3.12 bits per heavy atom. The van der Waals surface area contributed by atoms with Crippen LogP contribution in [0, 0.1) is 0 Å². The highest BCUT2D eigenvalue weighted by Crippen LogP contribution is 2.18. The van der Waals surface area contributed by atoms with E-state index in [1.165, 1.54) is 6.42 Å². The van der Waals surface area contributed by atoms with E-state index in [1.54, 1.807) is 12.1 Å². The van der Waals surface area contributed by atoms with Crippen LogP contribution in [0.2, 0.25) is 0 Å². The molecule has 1 saturated heterocycles. The Bertz CT molecular complexity index is 550. The van der Waals surface area contributed by atoms with Crippen molar-refractivity contribution in [3.63, 3.8) is 0 Å². The van der Waals surface area contributed by atoms with Crippen LogP contribution in [0.1, 0.15) is 25.7 Å². The number of aliphatic hydroxyl groups is 1. The summed E-state index contributed by atoms with van der Waals surface area (Å²) in [5.41, 5.74) is 0.696. The average Bonchev–Trinajstić information content (AvgIpc) is 3.07. The van der Waals surface area contributed by atoms with E-state index >= 15 is 0 Å². The van der Waals surface area contributed by atoms with E-state index in [2.05, 4.69) is 22.1 Å². The summed E-state index contributed by atoms with van der Waals surface area (Å²) in [5, 5.41) is 15.0. The molecule has 0 aliphatic carbocycles. The number of ether oxygens (including phenoxy) is 1. The van der Waals surface area contributed by atoms with E-state index in [-0.39, 0.29) is 12.6 Å². The van der Waals surface area contributed by atoms with E-state index in [0.717, 1.165) is 32.4 Å². The number of benzene rings is 1. The number of anilines is 1. The van der Waals surface area contributed by atoms with E-state index in [1.807, 2.05) is 18.2 Å². The van der Waals surface area contributed by atoms with Crippen LogP contribution < -0.4 is 15.4 Å². The van der Waals surface area contributed by atoms with Crippen molar-refractivity contribution in [3.8, 4) is 5.75 Å². The zero-order valence-corrected chi connectivity index (χ0v) is 14.7. The number of unbranched alkanes of at least 4 members (excludes halogenated alkanes) is 1. The lowest BCUT2D eigenvalue weighted by atomic mass is 10.2. The largest absolute Gasteiger partial charge is 0.489 e. The fraction of sp³-hybridized carbons (Fsp3) is 0.526. The second kappa shape index (κ2) is 10.7. The summed E-state index contributed by atoms with van der Waals surface area (Å²) in [6, 6.07) is 7.39. The van der Waals surface area contributed by atoms with Crippen LogP contribution in [-0.2, 0) is 0 Å². The summed E-state index contributed by atoms with van der Waals surface area (Å²) in [6.07, 6.45) is 5.87. The van der Waals surface area contributed by atoms with Gasteiger partial charge in [0.15, 0.2) is 0 Å². The van der Waals surface area contributed by atoms with Gasteiger partial charge in [-0.15, -0.1) is 0 Å². The molecule has 1 fully saturated rings. The van der Waals surface area contributed by atoms with Crippen LogP contribution >= 0.6 is 0 Å². The maximum absolute atomic E-state index is 11.9. The molecule has 25 heavy (non-hydrogen) atoms. The second-order valence-corrected chi connectivity index (χ2v) is 6.23. The molecule has 0 saturated carbocycles. The average molecular weight is 347 g/mol. The molecule has 2 rings (SSSR count). The molecule has 6 heteroatoms. The maximum atomic E-state index is 11.9. The van der Waals surface area contributed by atoms with Gasteiger partial charge in [-0.25, -0.2) is 4.79 Å². The molecule has 1 aliphatic rings. The Hall–Kier alpha value is -2.05. The van der Waals surface area contributed by atoms with Gasteiger partial charge in [-0.1, -0.05) is 18.7 Å². The molecule has 1 heterocycles. The standard InChI is InChI=1S/C19H29N3O3/c1-2-13-25-18-9-5-7-16(14-18)21-19(24)20-10-3-4-11-22-12-6-8-17(22)15-23/h2,5,7,9,14,17,23H,1,3-4,6,8,10-13,15H2,(H2,20,21,24)/t17-/m1/s1. The first-order chi connectivity index (χ1) is 12.2. The lowest BCUT2D eigenvalue weighted by Crippen LogP contribution is -2.34. The number of urea groups is 1. The molecule has 138 valence electrons. The number of rotatable bonds is 10. The zero-order valence-electron chi connectivity index (χ0n) is 14.7. The summed E-state index contributed by atoms with van der Waals surface area (Å²) in [5.74, 6) is 0.696. The first-order valence-electron chi connectivity index (χ1n) is 8.96. The Labute approximate surface area is 149 Å². The van der Waals surface area contributed by atoms with Crippen molar-refractivity contribution < 1.29 is 14.6 Å². The fourth-order valence-corrected chi connectivity index (χ4v) is 3.03. The van der Waals surface area contributed by atoms with Crippen molar-refractivity contribution in [2.24, 2.45) is 0 Å². The first kappa shape index (κ1) is 19.3. The molecule has 1 atom stereocenters. The topological polar surface area (TPSA) is 73.8 Å². The highest BCUT2D eigenvalue weighted by Gasteiger charge is 2.22. The minimum Gasteiger partial charge on any atom is -0.489 e. The SMILES string of the molecule is C=CCOc1cccc(NC(=O)NCCCCN2CCC[C@@H]2CO)c1. The normalized spacial score (nSPS) is 17.2. The summed E-state index contributed by atoms with van der Waals surface area (Å²) in [4.78, 5) is 14.3. The molecular formula is C19H29N3O3. The number of carbonyl (C=O) groups excluding carboxylic acids is 1. The predicted molar refractivity (Wildman–Crippen MR) is 100 cm³/mol. The predicted octanol–water partition coefficient (Wildman–Crippen LogP) is 2.61. The molecule has 6 nitrogen and oxygen atoms in total. The van der Waals surface area contributed by atoms with Gasteiger partial charge in [0.1, 0.15) is 12.4 Å². The molecule has 1 aromatic carbocycles. The molecule has 0 unspecified atom stereocenters. The Morgan fingerprint density at radius 2 is 2.32 bits per heavy atom. The van der Waals surface area contributed by atoms with E-state index in [0.29, 0.717) is 30.6 Å². The lowest BCUT2D eigenvalue weighted by molar-refractivity contribution is 0.157. The summed E-state index contributed by atoms with van der Waals surface area (Å²) >= 11 is 0. The van der Waals surface area contributed by atoms with Crippen LogP contribution in [-0.4, -0.2) is 54.9 Å². The first-order valence-corrected chi connectivity index (χ1v) is 8.96. The van der Waals surface area contributed by atoms with Gasteiger partial charge in [-0.2, -0.15) is 0 Å². The highest BCUT2D eigenvalue weighted by molar-refractivity contribution is 5.89. The number of aliphatic hydroxyl groups excluding tert-OH is 1. The Morgan fingerprint density at radius 1 is 1.44 bits per heavy atom. The molecular weight excluding hydrogens is 318 g/mol. The number of nitrogens with one attached hydrogen (secondary N) is 2. The monoisotopic (exact) mass is 347 g/mol. The van der Waals surface area contributed by atoms with Gasteiger partial charge in [0, 0.05) is 24.3 Å². The summed E-state index contributed by atoms with van der Waals surface area (Å²) in [7, 11) is 0. The number of amides is 2. The number of likely N-dealkylation sites (tertiary alicyclic amines) is 1. The van der Waals surface area contributed by atoms with Gasteiger partial charge < -0.3 is 20.5 Å². The van der Waals surface area contributed by atoms with Gasteiger partial charge in [0.25, 0.3) is 0 Å². The molecule has 1 aromatic rings.